The lowest BCUT2D eigenvalue weighted by Crippen LogP contribution is -2.45. The molecule has 0 aliphatic heterocycles. The number of carbonyl (C=O) groups is 1. The van der Waals surface area contributed by atoms with E-state index in [1.807, 2.05) is 27.2 Å². The van der Waals surface area contributed by atoms with Crippen molar-refractivity contribution in [1.29, 1.82) is 0 Å². The largest absolute Gasteiger partial charge is 0.756 e. The minimum Gasteiger partial charge on any atom is -0.756 e. The Hall–Kier alpha value is -1.54. The molecule has 3 atom stereocenters. The third-order valence-corrected chi connectivity index (χ3v) is 16.5. The normalized spacial score (nSPS) is 14.0. The summed E-state index contributed by atoms with van der Waals surface area (Å²) in [5.74, 6) is -0.206. The van der Waals surface area contributed by atoms with E-state index in [9.17, 15) is 19.4 Å². The molecule has 0 saturated heterocycles. The summed E-state index contributed by atoms with van der Waals surface area (Å²) in [6, 6.07) is -0.911. The summed E-state index contributed by atoms with van der Waals surface area (Å²) in [5.41, 5.74) is 0. The SMILES string of the molecule is CCCCCCCCCC/C=C\CCCCCCCCCCCCCCCCCCCCCC(=O)NC(COP(=O)([O-])OCC[N+](C)(C)C)C(O)/C=C/CC/C=C/CC/C=C/CCCCCCCCCCCCCCCCC. The Bertz CT molecular complexity index is 1410. The molecule has 0 fully saturated rings. The number of allylic oxidation sites excluding steroid dienone is 7. The number of aliphatic hydroxyl groups excluding tert-OH is 1. The molecule has 9 heteroatoms. The van der Waals surface area contributed by atoms with Crippen molar-refractivity contribution in [3.05, 3.63) is 48.6 Å². The molecule has 460 valence electrons. The van der Waals surface area contributed by atoms with Gasteiger partial charge in [-0.15, -0.1) is 0 Å². The molecule has 0 radical (unpaired) electrons. The van der Waals surface area contributed by atoms with E-state index in [0.717, 1.165) is 44.9 Å². The van der Waals surface area contributed by atoms with Crippen LogP contribution >= 0.6 is 7.82 Å². The van der Waals surface area contributed by atoms with E-state index < -0.39 is 26.6 Å². The van der Waals surface area contributed by atoms with E-state index in [0.29, 0.717) is 17.4 Å². The summed E-state index contributed by atoms with van der Waals surface area (Å²) in [6.45, 7) is 4.67. The topological polar surface area (TPSA) is 108 Å². The van der Waals surface area contributed by atoms with Gasteiger partial charge in [0.1, 0.15) is 13.2 Å². The van der Waals surface area contributed by atoms with Crippen molar-refractivity contribution >= 4 is 13.7 Å². The molecule has 0 heterocycles. The summed E-state index contributed by atoms with van der Waals surface area (Å²) < 4.78 is 23.4. The summed E-state index contributed by atoms with van der Waals surface area (Å²) in [7, 11) is 1.25. The Balaban J connectivity index is 4.12. The number of nitrogens with zero attached hydrogens (tertiary/aromatic N) is 1. The number of unbranched alkanes of at least 4 members (excludes halogenated alkanes) is 44. The van der Waals surface area contributed by atoms with Gasteiger partial charge in [-0.2, -0.15) is 0 Å². The molecule has 0 aromatic heterocycles. The smallest absolute Gasteiger partial charge is 0.268 e. The highest BCUT2D eigenvalue weighted by Crippen LogP contribution is 2.38. The number of hydrogen-bond acceptors (Lipinski definition) is 6. The van der Waals surface area contributed by atoms with Crippen molar-refractivity contribution in [2.45, 2.75) is 347 Å². The van der Waals surface area contributed by atoms with E-state index in [-0.39, 0.29) is 12.5 Å². The first kappa shape index (κ1) is 76.5. The second-order valence-electron chi connectivity index (χ2n) is 24.5. The molecule has 3 unspecified atom stereocenters. The van der Waals surface area contributed by atoms with Gasteiger partial charge in [-0.05, 0) is 70.6 Å². The molecule has 0 aliphatic carbocycles. The lowest BCUT2D eigenvalue weighted by Gasteiger charge is -2.29. The van der Waals surface area contributed by atoms with Crippen molar-refractivity contribution in [3.8, 4) is 0 Å². The first-order chi connectivity index (χ1) is 38.0. The highest BCUT2D eigenvalue weighted by molar-refractivity contribution is 7.45. The third kappa shape index (κ3) is 62.1. The van der Waals surface area contributed by atoms with Gasteiger partial charge in [0.15, 0.2) is 0 Å². The number of hydrogen-bond donors (Lipinski definition) is 2. The van der Waals surface area contributed by atoms with Gasteiger partial charge in [-0.1, -0.05) is 306 Å². The number of quaternary nitrogens is 1. The summed E-state index contributed by atoms with van der Waals surface area (Å²) in [4.78, 5) is 25.6. The van der Waals surface area contributed by atoms with Gasteiger partial charge >= 0.3 is 0 Å². The monoisotopic (exact) mass is 1120 g/mol. The van der Waals surface area contributed by atoms with Crippen LogP contribution in [0.2, 0.25) is 0 Å². The molecule has 0 aromatic carbocycles. The molecule has 8 nitrogen and oxygen atoms in total. The van der Waals surface area contributed by atoms with Crippen molar-refractivity contribution in [2.75, 3.05) is 40.9 Å². The molecule has 0 aromatic rings. The van der Waals surface area contributed by atoms with Gasteiger partial charge in [-0.25, -0.2) is 0 Å². The van der Waals surface area contributed by atoms with Crippen molar-refractivity contribution in [3.63, 3.8) is 0 Å². The fourth-order valence-corrected chi connectivity index (χ4v) is 10.9. The van der Waals surface area contributed by atoms with Crippen LogP contribution in [-0.4, -0.2) is 68.5 Å². The molecule has 0 bridgehead atoms. The van der Waals surface area contributed by atoms with Gasteiger partial charge in [0, 0.05) is 6.42 Å². The first-order valence-corrected chi connectivity index (χ1v) is 35.5. The maximum atomic E-state index is 13.0. The van der Waals surface area contributed by atoms with Gasteiger partial charge in [-0.3, -0.25) is 9.36 Å². The van der Waals surface area contributed by atoms with Gasteiger partial charge in [0.2, 0.25) is 5.91 Å². The molecule has 2 N–H and O–H groups in total. The number of rotatable bonds is 63. The maximum Gasteiger partial charge on any atom is 0.268 e. The molecule has 0 saturated carbocycles. The van der Waals surface area contributed by atoms with E-state index in [1.165, 1.54) is 270 Å². The maximum absolute atomic E-state index is 13.0. The lowest BCUT2D eigenvalue weighted by molar-refractivity contribution is -0.870. The predicted molar refractivity (Wildman–Crippen MR) is 339 cm³/mol. The van der Waals surface area contributed by atoms with Crippen molar-refractivity contribution in [2.24, 2.45) is 0 Å². The van der Waals surface area contributed by atoms with Gasteiger partial charge < -0.3 is 28.8 Å². The second-order valence-corrected chi connectivity index (χ2v) is 25.9. The average Bonchev–Trinajstić information content (AvgIpc) is 3.41. The number of phosphoric ester groups is 1. The Morgan fingerprint density at radius 1 is 0.436 bits per heavy atom. The zero-order valence-corrected chi connectivity index (χ0v) is 53.5. The van der Waals surface area contributed by atoms with Crippen LogP contribution in [0.5, 0.6) is 0 Å². The molecule has 0 aliphatic rings. The minimum absolute atomic E-state index is 0.00819. The van der Waals surface area contributed by atoms with Crippen LogP contribution < -0.4 is 10.2 Å². The highest BCUT2D eigenvalue weighted by atomic mass is 31.2. The number of likely N-dealkylation sites (N-methyl/N-ethyl adjacent to an activating group) is 1. The average molecular weight is 1120 g/mol. The number of amides is 1. The van der Waals surface area contributed by atoms with Crippen LogP contribution in [0.4, 0.5) is 0 Å². The van der Waals surface area contributed by atoms with E-state index in [2.05, 4.69) is 55.6 Å². The highest BCUT2D eigenvalue weighted by Gasteiger charge is 2.23. The van der Waals surface area contributed by atoms with Gasteiger partial charge in [0.05, 0.1) is 39.9 Å². The third-order valence-electron chi connectivity index (χ3n) is 15.5. The standard InChI is InChI=1S/C69H133N2O6P/c1-6-8-10-12-14-16-18-20-22-24-26-28-30-32-33-34-35-36-37-39-41-43-45-47-49-51-53-55-57-59-61-63-69(73)70-67(66-77-78(74,75)76-65-64-71(3,4)5)68(72)62-60-58-56-54-52-50-48-46-44-42-40-38-31-29-27-25-23-21-19-17-15-13-11-9-7-2/h24,26,44,46,52,54,60,62,67-68,72H,6-23,25,27-43,45,47-51,53,55-59,61,63-66H2,1-5H3,(H-,70,73,74,75)/b26-24-,46-44+,54-52+,62-60+. The van der Waals surface area contributed by atoms with Crippen molar-refractivity contribution in [1.82, 2.24) is 5.32 Å². The summed E-state index contributed by atoms with van der Waals surface area (Å²) >= 11 is 0. The zero-order chi connectivity index (χ0) is 57.0. The van der Waals surface area contributed by atoms with Crippen LogP contribution in [0, 0.1) is 0 Å². The quantitative estimate of drug-likeness (QED) is 0.0272. The van der Waals surface area contributed by atoms with Crippen LogP contribution in [0.1, 0.15) is 335 Å². The van der Waals surface area contributed by atoms with Crippen LogP contribution in [-0.2, 0) is 18.4 Å². The van der Waals surface area contributed by atoms with Crippen LogP contribution in [0.3, 0.4) is 0 Å². The number of carbonyl (C=O) groups excluding carboxylic acids is 1. The first-order valence-electron chi connectivity index (χ1n) is 34.0. The minimum atomic E-state index is -4.61. The molecule has 0 spiro atoms. The fraction of sp³-hybridized carbons (Fsp3) is 0.870. The molecule has 0 rings (SSSR count). The molecular formula is C69H133N2O6P. The van der Waals surface area contributed by atoms with Crippen LogP contribution in [0.15, 0.2) is 48.6 Å². The number of nitrogens with one attached hydrogen (secondary N) is 1. The van der Waals surface area contributed by atoms with Gasteiger partial charge in [0.25, 0.3) is 7.82 Å². The Morgan fingerprint density at radius 3 is 1.04 bits per heavy atom. The Morgan fingerprint density at radius 2 is 0.718 bits per heavy atom. The predicted octanol–water partition coefficient (Wildman–Crippen LogP) is 20.8. The number of phosphoric acid groups is 1. The summed E-state index contributed by atoms with van der Waals surface area (Å²) in [6.07, 6.45) is 80.9. The fourth-order valence-electron chi connectivity index (χ4n) is 10.2. The second kappa shape index (κ2) is 60.1. The molecule has 1 amide bonds. The van der Waals surface area contributed by atoms with E-state index >= 15 is 0 Å². The zero-order valence-electron chi connectivity index (χ0n) is 52.6. The molecular weight excluding hydrogens is 984 g/mol. The van der Waals surface area contributed by atoms with E-state index in [4.69, 9.17) is 9.05 Å². The summed E-state index contributed by atoms with van der Waals surface area (Å²) in [5, 5.41) is 13.9. The Labute approximate surface area is 486 Å². The number of aliphatic hydroxyl groups is 1. The Kier molecular flexibility index (Phi) is 58.9. The van der Waals surface area contributed by atoms with Crippen LogP contribution in [0.25, 0.3) is 0 Å². The van der Waals surface area contributed by atoms with Crippen molar-refractivity contribution < 1.29 is 32.9 Å². The molecule has 78 heavy (non-hydrogen) atoms. The lowest BCUT2D eigenvalue weighted by atomic mass is 10.0. The van der Waals surface area contributed by atoms with E-state index in [1.54, 1.807) is 6.08 Å².